The Labute approximate surface area is 112 Å². The number of hydrogen-bond acceptors (Lipinski definition) is 4. The summed E-state index contributed by atoms with van der Waals surface area (Å²) in [5.41, 5.74) is 2.33. The Bertz CT molecular complexity index is 478. The molecule has 0 unspecified atom stereocenters. The van der Waals surface area contributed by atoms with Gasteiger partial charge in [0.15, 0.2) is 0 Å². The van der Waals surface area contributed by atoms with E-state index in [1.54, 1.807) is 12.1 Å². The molecule has 0 radical (unpaired) electrons. The molecule has 1 rings (SSSR count). The van der Waals surface area contributed by atoms with Crippen LogP contribution in [-0.4, -0.2) is 19.0 Å². The van der Waals surface area contributed by atoms with E-state index in [-0.39, 0.29) is 11.9 Å². The van der Waals surface area contributed by atoms with E-state index in [1.807, 2.05) is 19.1 Å². The lowest BCUT2D eigenvalue weighted by molar-refractivity contribution is -0.134. The minimum Gasteiger partial charge on any atom is -0.466 e. The number of ether oxygens (including phenoxy) is 1. The number of allylic oxidation sites excluding steroid dienone is 1. The van der Waals surface area contributed by atoms with Crippen LogP contribution < -0.4 is 10.6 Å². The standard InChI is InChI=1S/C14H18N2O3/c1-4-11(9-14(18)19-3)16-13-7-5-12(6-8-13)15-10(2)17/h5-9,16H,4H2,1-3H3,(H,15,17)/b11-9+. The molecule has 0 saturated heterocycles. The highest BCUT2D eigenvalue weighted by Crippen LogP contribution is 2.16. The summed E-state index contributed by atoms with van der Waals surface area (Å²) in [4.78, 5) is 22.0. The van der Waals surface area contributed by atoms with Crippen molar-refractivity contribution >= 4 is 23.3 Å². The fraction of sp³-hybridized carbons (Fsp3) is 0.286. The molecule has 5 nitrogen and oxygen atoms in total. The summed E-state index contributed by atoms with van der Waals surface area (Å²) in [6, 6.07) is 7.22. The van der Waals surface area contributed by atoms with E-state index in [9.17, 15) is 9.59 Å². The van der Waals surface area contributed by atoms with Crippen molar-refractivity contribution in [2.24, 2.45) is 0 Å². The number of hydrogen-bond donors (Lipinski definition) is 2. The summed E-state index contributed by atoms with van der Waals surface area (Å²) >= 11 is 0. The van der Waals surface area contributed by atoms with Crippen molar-refractivity contribution in [3.8, 4) is 0 Å². The van der Waals surface area contributed by atoms with E-state index < -0.39 is 0 Å². The van der Waals surface area contributed by atoms with Crippen LogP contribution in [0.1, 0.15) is 20.3 Å². The molecule has 2 N–H and O–H groups in total. The largest absolute Gasteiger partial charge is 0.466 e. The Hall–Kier alpha value is -2.30. The van der Waals surface area contributed by atoms with Gasteiger partial charge in [-0.3, -0.25) is 4.79 Å². The van der Waals surface area contributed by atoms with E-state index in [0.29, 0.717) is 6.42 Å². The minimum atomic E-state index is -0.390. The van der Waals surface area contributed by atoms with Crippen molar-refractivity contribution < 1.29 is 14.3 Å². The van der Waals surface area contributed by atoms with Gasteiger partial charge < -0.3 is 15.4 Å². The summed E-state index contributed by atoms with van der Waals surface area (Å²) in [6.45, 7) is 3.40. The second-order valence-corrected chi connectivity index (χ2v) is 3.93. The van der Waals surface area contributed by atoms with E-state index in [4.69, 9.17) is 0 Å². The first kappa shape index (κ1) is 14.8. The zero-order chi connectivity index (χ0) is 14.3. The Morgan fingerprint density at radius 3 is 2.11 bits per heavy atom. The van der Waals surface area contributed by atoms with Crippen LogP contribution in [0.5, 0.6) is 0 Å². The van der Waals surface area contributed by atoms with Gasteiger partial charge in [0.2, 0.25) is 5.91 Å². The quantitative estimate of drug-likeness (QED) is 0.632. The van der Waals surface area contributed by atoms with Crippen molar-refractivity contribution in [1.82, 2.24) is 0 Å². The van der Waals surface area contributed by atoms with E-state index in [2.05, 4.69) is 15.4 Å². The molecule has 0 aromatic heterocycles. The summed E-state index contributed by atoms with van der Waals surface area (Å²) in [5.74, 6) is -0.500. The van der Waals surface area contributed by atoms with Gasteiger partial charge in [0, 0.05) is 30.1 Å². The zero-order valence-electron chi connectivity index (χ0n) is 11.3. The number of carbonyl (C=O) groups excluding carboxylic acids is 2. The van der Waals surface area contributed by atoms with Crippen LogP contribution in [-0.2, 0) is 14.3 Å². The van der Waals surface area contributed by atoms with E-state index in [0.717, 1.165) is 17.1 Å². The van der Waals surface area contributed by atoms with Gasteiger partial charge in [0.05, 0.1) is 7.11 Å². The lowest BCUT2D eigenvalue weighted by Crippen LogP contribution is -2.06. The number of nitrogens with one attached hydrogen (secondary N) is 2. The first-order valence-electron chi connectivity index (χ1n) is 5.98. The highest BCUT2D eigenvalue weighted by Gasteiger charge is 2.01. The normalized spacial score (nSPS) is 10.8. The SMILES string of the molecule is CC/C(=C\C(=O)OC)Nc1ccc(NC(C)=O)cc1. The third kappa shape index (κ3) is 5.25. The molecule has 5 heteroatoms. The third-order valence-corrected chi connectivity index (χ3v) is 2.38. The predicted molar refractivity (Wildman–Crippen MR) is 74.8 cm³/mol. The van der Waals surface area contributed by atoms with Crippen molar-refractivity contribution in [2.75, 3.05) is 17.7 Å². The Balaban J connectivity index is 2.73. The lowest BCUT2D eigenvalue weighted by atomic mass is 10.2. The molecule has 0 aliphatic carbocycles. The Morgan fingerprint density at radius 2 is 1.68 bits per heavy atom. The molecule has 0 bridgehead atoms. The topological polar surface area (TPSA) is 67.4 Å². The van der Waals surface area contributed by atoms with Gasteiger partial charge in [0.1, 0.15) is 0 Å². The van der Waals surface area contributed by atoms with Crippen molar-refractivity contribution in [1.29, 1.82) is 0 Å². The van der Waals surface area contributed by atoms with Crippen molar-refractivity contribution in [3.63, 3.8) is 0 Å². The molecule has 0 aliphatic heterocycles. The molecular weight excluding hydrogens is 244 g/mol. The minimum absolute atomic E-state index is 0.111. The van der Waals surface area contributed by atoms with Gasteiger partial charge in [-0.2, -0.15) is 0 Å². The van der Waals surface area contributed by atoms with Gasteiger partial charge in [0.25, 0.3) is 0 Å². The number of benzene rings is 1. The number of anilines is 2. The molecule has 1 amide bonds. The van der Waals surface area contributed by atoms with Crippen LogP contribution in [0.3, 0.4) is 0 Å². The molecule has 0 aliphatic rings. The fourth-order valence-electron chi connectivity index (χ4n) is 1.45. The van der Waals surface area contributed by atoms with Gasteiger partial charge in [-0.25, -0.2) is 4.79 Å². The molecule has 102 valence electrons. The molecule has 0 fully saturated rings. The molecule has 0 spiro atoms. The summed E-state index contributed by atoms with van der Waals surface area (Å²) < 4.78 is 4.58. The molecule has 0 atom stereocenters. The molecule has 19 heavy (non-hydrogen) atoms. The van der Waals surface area contributed by atoms with E-state index in [1.165, 1.54) is 20.1 Å². The predicted octanol–water partition coefficient (Wildman–Crippen LogP) is 2.52. The van der Waals surface area contributed by atoms with Gasteiger partial charge in [-0.15, -0.1) is 0 Å². The van der Waals surface area contributed by atoms with Crippen LogP contribution in [0, 0.1) is 0 Å². The number of rotatable bonds is 5. The average molecular weight is 262 g/mol. The molecule has 0 heterocycles. The lowest BCUT2D eigenvalue weighted by Gasteiger charge is -2.10. The van der Waals surface area contributed by atoms with Crippen LogP contribution in [0.25, 0.3) is 0 Å². The van der Waals surface area contributed by atoms with Crippen LogP contribution in [0.4, 0.5) is 11.4 Å². The summed E-state index contributed by atoms with van der Waals surface area (Å²) in [5, 5.41) is 5.81. The van der Waals surface area contributed by atoms with Gasteiger partial charge in [-0.05, 0) is 30.7 Å². The maximum Gasteiger partial charge on any atom is 0.332 e. The van der Waals surface area contributed by atoms with E-state index >= 15 is 0 Å². The smallest absolute Gasteiger partial charge is 0.332 e. The van der Waals surface area contributed by atoms with Crippen LogP contribution >= 0.6 is 0 Å². The number of methoxy groups -OCH3 is 1. The first-order valence-corrected chi connectivity index (χ1v) is 5.98. The fourth-order valence-corrected chi connectivity index (χ4v) is 1.45. The molecule has 0 saturated carbocycles. The average Bonchev–Trinajstić information content (AvgIpc) is 2.39. The highest BCUT2D eigenvalue weighted by molar-refractivity contribution is 5.88. The number of esters is 1. The van der Waals surface area contributed by atoms with Crippen molar-refractivity contribution in [3.05, 3.63) is 36.0 Å². The van der Waals surface area contributed by atoms with Crippen molar-refractivity contribution in [2.45, 2.75) is 20.3 Å². The maximum atomic E-state index is 11.2. The summed E-state index contributed by atoms with van der Waals surface area (Å²) in [6.07, 6.45) is 2.10. The monoisotopic (exact) mass is 262 g/mol. The van der Waals surface area contributed by atoms with Gasteiger partial charge >= 0.3 is 5.97 Å². The van der Waals surface area contributed by atoms with Crippen LogP contribution in [0.15, 0.2) is 36.0 Å². The molecule has 1 aromatic carbocycles. The molecular formula is C14H18N2O3. The zero-order valence-corrected chi connectivity index (χ0v) is 11.3. The highest BCUT2D eigenvalue weighted by atomic mass is 16.5. The van der Waals surface area contributed by atoms with Crippen LogP contribution in [0.2, 0.25) is 0 Å². The maximum absolute atomic E-state index is 11.2. The Kier molecular flexibility index (Phi) is 5.60. The second kappa shape index (κ2) is 7.20. The second-order valence-electron chi connectivity index (χ2n) is 3.93. The summed E-state index contributed by atoms with van der Waals surface area (Å²) in [7, 11) is 1.34. The van der Waals surface area contributed by atoms with Gasteiger partial charge in [-0.1, -0.05) is 6.92 Å². The number of carbonyl (C=O) groups is 2. The number of amides is 1. The Morgan fingerprint density at radius 1 is 1.16 bits per heavy atom. The first-order chi connectivity index (χ1) is 9.05. The third-order valence-electron chi connectivity index (χ3n) is 2.38. The molecule has 1 aromatic rings.